The molecule has 0 aliphatic rings. The summed E-state index contributed by atoms with van der Waals surface area (Å²) < 4.78 is 5.63. The van der Waals surface area contributed by atoms with Gasteiger partial charge in [-0.15, -0.1) is 12.4 Å². The summed E-state index contributed by atoms with van der Waals surface area (Å²) in [5, 5.41) is 2.86. The Kier molecular flexibility index (Phi) is 12.0. The summed E-state index contributed by atoms with van der Waals surface area (Å²) in [4.78, 5) is 13.9. The summed E-state index contributed by atoms with van der Waals surface area (Å²) in [6.45, 7) is 2.03. The molecule has 0 aromatic heterocycles. The molecule has 0 saturated carbocycles. The van der Waals surface area contributed by atoms with Gasteiger partial charge in [-0.2, -0.15) is 11.8 Å². The number of amides is 1. The molecule has 0 fully saturated rings. The summed E-state index contributed by atoms with van der Waals surface area (Å²) in [6, 6.07) is 7.33. The van der Waals surface area contributed by atoms with Crippen LogP contribution in [0.3, 0.4) is 0 Å². The maximum atomic E-state index is 11.8. The van der Waals surface area contributed by atoms with E-state index >= 15 is 0 Å². The molecule has 0 spiro atoms. The average Bonchev–Trinajstić information content (AvgIpc) is 2.51. The van der Waals surface area contributed by atoms with Gasteiger partial charge in [0.05, 0.1) is 6.04 Å². The van der Waals surface area contributed by atoms with Crippen molar-refractivity contribution in [1.82, 2.24) is 10.2 Å². The lowest BCUT2D eigenvalue weighted by Crippen LogP contribution is -2.40. The highest BCUT2D eigenvalue weighted by molar-refractivity contribution is 7.98. The highest BCUT2D eigenvalue weighted by Crippen LogP contribution is 2.12. The third-order valence-electron chi connectivity index (χ3n) is 3.17. The van der Waals surface area contributed by atoms with Gasteiger partial charge in [0, 0.05) is 13.1 Å². The number of nitrogens with zero attached hydrogens (tertiary/aromatic N) is 1. The molecule has 0 aliphatic heterocycles. The molecule has 23 heavy (non-hydrogen) atoms. The van der Waals surface area contributed by atoms with E-state index in [1.54, 1.807) is 11.8 Å². The lowest BCUT2D eigenvalue weighted by Gasteiger charge is -2.13. The highest BCUT2D eigenvalue weighted by Gasteiger charge is 2.12. The number of halogens is 1. The lowest BCUT2D eigenvalue weighted by atomic mass is 10.2. The number of carbonyl (C=O) groups excluding carboxylic acids is 1. The second kappa shape index (κ2) is 12.5. The Hall–Kier alpha value is -0.950. The van der Waals surface area contributed by atoms with Crippen molar-refractivity contribution in [2.45, 2.75) is 19.0 Å². The van der Waals surface area contributed by atoms with Crippen LogP contribution in [0, 0.1) is 0 Å². The predicted octanol–water partition coefficient (Wildman–Crippen LogP) is 1.75. The lowest BCUT2D eigenvalue weighted by molar-refractivity contribution is -0.122. The second-order valence-electron chi connectivity index (χ2n) is 5.40. The third kappa shape index (κ3) is 9.71. The van der Waals surface area contributed by atoms with Crippen LogP contribution in [0.15, 0.2) is 24.3 Å². The van der Waals surface area contributed by atoms with E-state index in [1.807, 2.05) is 44.6 Å². The molecule has 132 valence electrons. The minimum absolute atomic E-state index is 0. The first-order chi connectivity index (χ1) is 10.5. The van der Waals surface area contributed by atoms with Gasteiger partial charge in [0.25, 0.3) is 0 Å². The fourth-order valence-electron chi connectivity index (χ4n) is 1.75. The van der Waals surface area contributed by atoms with Crippen molar-refractivity contribution in [3.05, 3.63) is 29.8 Å². The van der Waals surface area contributed by atoms with Gasteiger partial charge in [0.15, 0.2) is 0 Å². The number of carbonyl (C=O) groups is 1. The zero-order chi connectivity index (χ0) is 16.4. The van der Waals surface area contributed by atoms with E-state index in [9.17, 15) is 4.79 Å². The monoisotopic (exact) mass is 361 g/mol. The Morgan fingerprint density at radius 1 is 1.35 bits per heavy atom. The molecule has 3 N–H and O–H groups in total. The van der Waals surface area contributed by atoms with Crippen LogP contribution < -0.4 is 15.8 Å². The van der Waals surface area contributed by atoms with E-state index < -0.39 is 6.04 Å². The van der Waals surface area contributed by atoms with Crippen molar-refractivity contribution in [3.8, 4) is 5.75 Å². The minimum atomic E-state index is -0.430. The van der Waals surface area contributed by atoms with E-state index in [4.69, 9.17) is 10.5 Å². The third-order valence-corrected chi connectivity index (χ3v) is 3.81. The van der Waals surface area contributed by atoms with Gasteiger partial charge in [0.1, 0.15) is 12.4 Å². The molecule has 0 radical (unpaired) electrons. The number of rotatable bonds is 10. The van der Waals surface area contributed by atoms with E-state index in [0.29, 0.717) is 19.6 Å². The molecular weight excluding hydrogens is 334 g/mol. The second-order valence-corrected chi connectivity index (χ2v) is 6.39. The zero-order valence-corrected chi connectivity index (χ0v) is 15.7. The van der Waals surface area contributed by atoms with Gasteiger partial charge in [-0.3, -0.25) is 4.79 Å². The molecule has 0 unspecified atom stereocenters. The highest BCUT2D eigenvalue weighted by atomic mass is 35.5. The molecule has 0 bridgehead atoms. The average molecular weight is 362 g/mol. The van der Waals surface area contributed by atoms with Crippen LogP contribution in [-0.2, 0) is 11.3 Å². The summed E-state index contributed by atoms with van der Waals surface area (Å²) in [7, 11) is 4.03. The van der Waals surface area contributed by atoms with Crippen molar-refractivity contribution in [1.29, 1.82) is 0 Å². The van der Waals surface area contributed by atoms with Crippen LogP contribution in [0.4, 0.5) is 0 Å². The Labute approximate surface area is 149 Å². The van der Waals surface area contributed by atoms with Gasteiger partial charge >= 0.3 is 0 Å². The molecular formula is C16H28ClN3O2S. The fourth-order valence-corrected chi connectivity index (χ4v) is 2.24. The maximum Gasteiger partial charge on any atom is 0.237 e. The maximum absolute atomic E-state index is 11.8. The first-order valence-corrected chi connectivity index (χ1v) is 8.81. The number of benzene rings is 1. The van der Waals surface area contributed by atoms with Gasteiger partial charge in [-0.1, -0.05) is 12.1 Å². The van der Waals surface area contributed by atoms with Crippen LogP contribution in [-0.4, -0.2) is 56.1 Å². The quantitative estimate of drug-likeness (QED) is 0.664. The van der Waals surface area contributed by atoms with Gasteiger partial charge in [-0.25, -0.2) is 0 Å². The first kappa shape index (κ1) is 22.1. The number of nitrogens with one attached hydrogen (secondary N) is 1. The molecule has 1 rings (SSSR count). The minimum Gasteiger partial charge on any atom is -0.492 e. The molecule has 0 heterocycles. The molecule has 1 aromatic rings. The van der Waals surface area contributed by atoms with Crippen LogP contribution in [0.5, 0.6) is 5.75 Å². The summed E-state index contributed by atoms with van der Waals surface area (Å²) in [5.74, 6) is 1.64. The first-order valence-electron chi connectivity index (χ1n) is 7.41. The fraction of sp³-hybridized carbons (Fsp3) is 0.562. The molecule has 0 saturated heterocycles. The molecule has 1 amide bonds. The van der Waals surface area contributed by atoms with Crippen molar-refractivity contribution >= 4 is 30.1 Å². The smallest absolute Gasteiger partial charge is 0.237 e. The normalized spacial score (nSPS) is 11.7. The Morgan fingerprint density at radius 3 is 2.57 bits per heavy atom. The summed E-state index contributed by atoms with van der Waals surface area (Å²) in [6.07, 6.45) is 2.71. The topological polar surface area (TPSA) is 67.6 Å². The van der Waals surface area contributed by atoms with E-state index in [-0.39, 0.29) is 18.3 Å². The van der Waals surface area contributed by atoms with Crippen LogP contribution in [0.25, 0.3) is 0 Å². The van der Waals surface area contributed by atoms with E-state index in [0.717, 1.165) is 23.6 Å². The summed E-state index contributed by atoms with van der Waals surface area (Å²) in [5.41, 5.74) is 6.85. The van der Waals surface area contributed by atoms with E-state index in [1.165, 1.54) is 0 Å². The Balaban J connectivity index is 0.00000484. The largest absolute Gasteiger partial charge is 0.492 e. The number of likely N-dealkylation sites (N-methyl/N-ethyl adjacent to an activating group) is 1. The van der Waals surface area contributed by atoms with E-state index in [2.05, 4.69) is 10.2 Å². The van der Waals surface area contributed by atoms with Crippen molar-refractivity contribution in [2.24, 2.45) is 5.73 Å². The van der Waals surface area contributed by atoms with Gasteiger partial charge < -0.3 is 20.7 Å². The number of hydrogen-bond acceptors (Lipinski definition) is 5. The summed E-state index contributed by atoms with van der Waals surface area (Å²) >= 11 is 1.69. The predicted molar refractivity (Wildman–Crippen MR) is 101 cm³/mol. The number of hydrogen-bond donors (Lipinski definition) is 2. The van der Waals surface area contributed by atoms with Crippen LogP contribution in [0.2, 0.25) is 0 Å². The van der Waals surface area contributed by atoms with Gasteiger partial charge in [-0.05, 0) is 50.2 Å². The molecule has 7 heteroatoms. The van der Waals surface area contributed by atoms with Crippen molar-refractivity contribution in [2.75, 3.05) is 39.3 Å². The van der Waals surface area contributed by atoms with Crippen molar-refractivity contribution < 1.29 is 9.53 Å². The van der Waals surface area contributed by atoms with Crippen LogP contribution >= 0.6 is 24.2 Å². The molecule has 0 aliphatic carbocycles. The molecule has 5 nitrogen and oxygen atoms in total. The van der Waals surface area contributed by atoms with Crippen LogP contribution in [0.1, 0.15) is 12.0 Å². The SMILES string of the molecule is CSCC[C@H](N)C(=O)NCc1ccc(OCCN(C)C)cc1.Cl. The standard InChI is InChI=1S/C16H27N3O2S.ClH/c1-19(2)9-10-21-14-6-4-13(5-7-14)12-18-16(20)15(17)8-11-22-3;/h4-7,15H,8-12,17H2,1-3H3,(H,18,20);1H/t15-;/m0./s1. The number of thioether (sulfide) groups is 1. The Morgan fingerprint density at radius 2 is 2.00 bits per heavy atom. The molecule has 1 atom stereocenters. The van der Waals surface area contributed by atoms with Gasteiger partial charge in [0.2, 0.25) is 5.91 Å². The Bertz CT molecular complexity index is 443. The zero-order valence-electron chi connectivity index (χ0n) is 14.1. The van der Waals surface area contributed by atoms with Crippen molar-refractivity contribution in [3.63, 3.8) is 0 Å². The number of ether oxygens (including phenoxy) is 1. The number of nitrogens with two attached hydrogens (primary N) is 1. The molecule has 1 aromatic carbocycles.